The number of carbonyl (C=O) groups excluding carboxylic acids is 1. The van der Waals surface area contributed by atoms with Crippen LogP contribution in [0.5, 0.6) is 11.5 Å². The number of phenolic OH excluding ortho intramolecular Hbond substituents is 1. The van der Waals surface area contributed by atoms with Gasteiger partial charge < -0.3 is 24.6 Å². The second-order valence-electron chi connectivity index (χ2n) is 12.6. The van der Waals surface area contributed by atoms with E-state index in [1.807, 2.05) is 13.0 Å². The van der Waals surface area contributed by atoms with Gasteiger partial charge in [-0.05, 0) is 56.1 Å². The van der Waals surface area contributed by atoms with Gasteiger partial charge in [-0.15, -0.1) is 0 Å². The van der Waals surface area contributed by atoms with Crippen LogP contribution in [0.25, 0.3) is 0 Å². The number of rotatable bonds is 2. The van der Waals surface area contributed by atoms with Crippen molar-refractivity contribution in [3.8, 4) is 11.5 Å². The van der Waals surface area contributed by atoms with Gasteiger partial charge >= 0.3 is 0 Å². The minimum absolute atomic E-state index is 0.0614. The number of hydrogen-bond acceptors (Lipinski definition) is 5. The van der Waals surface area contributed by atoms with Crippen molar-refractivity contribution in [2.24, 2.45) is 16.7 Å². The zero-order chi connectivity index (χ0) is 23.8. The van der Waals surface area contributed by atoms with Crippen molar-refractivity contribution in [2.45, 2.75) is 95.5 Å². The third kappa shape index (κ3) is 2.13. The van der Waals surface area contributed by atoms with Crippen LogP contribution in [0.2, 0.25) is 0 Å². The number of aromatic hydroxyl groups is 1. The first kappa shape index (κ1) is 21.7. The molecule has 1 unspecified atom stereocenters. The van der Waals surface area contributed by atoms with Crippen LogP contribution in [0.4, 0.5) is 0 Å². The summed E-state index contributed by atoms with van der Waals surface area (Å²) in [6.45, 7) is 10.6. The van der Waals surface area contributed by atoms with E-state index < -0.39 is 11.2 Å². The molecule has 6 aliphatic rings. The van der Waals surface area contributed by atoms with Gasteiger partial charge in [0.05, 0.1) is 5.60 Å². The van der Waals surface area contributed by atoms with Crippen LogP contribution in [-0.2, 0) is 21.4 Å². The predicted molar refractivity (Wildman–Crippen MR) is 123 cm³/mol. The van der Waals surface area contributed by atoms with E-state index in [9.17, 15) is 15.0 Å². The molecule has 1 aromatic rings. The first-order valence-corrected chi connectivity index (χ1v) is 12.4. The maximum atomic E-state index is 12.8. The van der Waals surface area contributed by atoms with Crippen molar-refractivity contribution in [1.29, 1.82) is 0 Å². The summed E-state index contributed by atoms with van der Waals surface area (Å²) in [6.07, 6.45) is 3.76. The number of carbonyl (C=O) groups is 1. The highest BCUT2D eigenvalue weighted by Crippen LogP contribution is 2.77. The number of aliphatic hydroxyl groups is 1. The molecule has 2 N–H and O–H groups in total. The fourth-order valence-corrected chi connectivity index (χ4v) is 9.01. The second-order valence-corrected chi connectivity index (χ2v) is 12.6. The summed E-state index contributed by atoms with van der Waals surface area (Å²) < 4.78 is 13.2. The van der Waals surface area contributed by atoms with E-state index in [-0.39, 0.29) is 46.0 Å². The summed E-state index contributed by atoms with van der Waals surface area (Å²) in [5, 5.41) is 23.0. The molecule has 6 heteroatoms. The third-order valence-electron chi connectivity index (χ3n) is 11.0. The maximum Gasteiger partial charge on any atom is 0.219 e. The highest BCUT2D eigenvalue weighted by atomic mass is 16.6. The van der Waals surface area contributed by atoms with Gasteiger partial charge in [0.15, 0.2) is 11.5 Å². The van der Waals surface area contributed by atoms with Crippen molar-refractivity contribution in [1.82, 2.24) is 4.90 Å². The van der Waals surface area contributed by atoms with Crippen LogP contribution in [0.3, 0.4) is 0 Å². The van der Waals surface area contributed by atoms with Gasteiger partial charge in [-0.2, -0.15) is 0 Å². The lowest BCUT2D eigenvalue weighted by Crippen LogP contribution is -2.83. The number of ether oxygens (including phenoxy) is 2. The minimum atomic E-state index is -1.01. The Morgan fingerprint density at radius 3 is 2.58 bits per heavy atom. The first-order chi connectivity index (χ1) is 15.4. The summed E-state index contributed by atoms with van der Waals surface area (Å²) in [7, 11) is 1.76. The lowest BCUT2D eigenvalue weighted by Gasteiger charge is -2.75. The molecule has 2 heterocycles. The van der Waals surface area contributed by atoms with Crippen LogP contribution in [0, 0.1) is 16.7 Å². The molecule has 4 fully saturated rings. The van der Waals surface area contributed by atoms with Crippen LogP contribution >= 0.6 is 0 Å². The molecule has 4 bridgehead atoms. The number of phenols is 1. The molecule has 2 aliphatic heterocycles. The van der Waals surface area contributed by atoms with E-state index in [1.165, 1.54) is 5.56 Å². The number of likely N-dealkylation sites (tertiary alicyclic amines) is 1. The molecular formula is C27H37NO5. The van der Waals surface area contributed by atoms with E-state index in [4.69, 9.17) is 9.47 Å². The quantitative estimate of drug-likeness (QED) is 0.713. The fraction of sp³-hybridized carbons (Fsp3) is 0.741. The van der Waals surface area contributed by atoms with Crippen LogP contribution in [0.15, 0.2) is 12.1 Å². The zero-order valence-corrected chi connectivity index (χ0v) is 20.7. The first-order valence-electron chi connectivity index (χ1n) is 12.4. The smallest absolute Gasteiger partial charge is 0.219 e. The Bertz CT molecular complexity index is 1060. The Balaban J connectivity index is 1.66. The van der Waals surface area contributed by atoms with E-state index in [2.05, 4.69) is 25.7 Å². The Morgan fingerprint density at radius 1 is 1.21 bits per heavy atom. The van der Waals surface area contributed by atoms with Gasteiger partial charge in [-0.3, -0.25) is 4.79 Å². The summed E-state index contributed by atoms with van der Waals surface area (Å²) in [5.74, 6) is 0.755. The number of fused-ring (bicyclic) bond motifs is 2. The number of amides is 1. The largest absolute Gasteiger partial charge is 0.504 e. The Hall–Kier alpha value is -1.79. The summed E-state index contributed by atoms with van der Waals surface area (Å²) in [5.41, 5.74) is -0.229. The molecular weight excluding hydrogens is 418 g/mol. The van der Waals surface area contributed by atoms with E-state index in [1.54, 1.807) is 20.1 Å². The molecule has 33 heavy (non-hydrogen) atoms. The zero-order valence-electron chi connectivity index (χ0n) is 20.7. The predicted octanol–water partition coefficient (Wildman–Crippen LogP) is 3.55. The SMILES string of the molecule is CO[C@]12CC[C@@]3(CC1[C@](C)(O)C(C)(C)C)[C@H]1Cc4ccc(O)c5c4[C@@]3(CCN1C(C)=O)[C@H]2O5. The second kappa shape index (κ2) is 6.06. The molecule has 180 valence electrons. The summed E-state index contributed by atoms with van der Waals surface area (Å²) in [6, 6.07) is 3.82. The van der Waals surface area contributed by atoms with Crippen molar-refractivity contribution < 1.29 is 24.5 Å². The molecule has 3 saturated carbocycles. The van der Waals surface area contributed by atoms with Crippen molar-refractivity contribution in [3.63, 3.8) is 0 Å². The molecule has 7 rings (SSSR count). The normalized spacial score (nSPS) is 41.9. The van der Waals surface area contributed by atoms with Crippen LogP contribution < -0.4 is 4.74 Å². The number of hydrogen-bond donors (Lipinski definition) is 2. The number of piperidine rings is 1. The molecule has 0 aromatic heterocycles. The fourth-order valence-electron chi connectivity index (χ4n) is 9.01. The molecule has 1 amide bonds. The van der Waals surface area contributed by atoms with Crippen LogP contribution in [0.1, 0.15) is 71.4 Å². The molecule has 1 saturated heterocycles. The molecule has 1 aromatic carbocycles. The lowest BCUT2D eigenvalue weighted by molar-refractivity contribution is -0.310. The standard InChI is InChI=1S/C27H37NO5/c1-15(29)28-12-11-26-20-16-7-8-17(30)21(20)33-22(26)27(32-6)10-9-25(26,19(28)13-16)14-18(27)24(5,31)23(2,3)4/h7-8,18-19,22,30-31H,9-14H2,1-6H3/t18?,19-,22-,24+,25-,26+,27-/m1/s1. The molecule has 6 nitrogen and oxygen atoms in total. The van der Waals surface area contributed by atoms with Crippen molar-refractivity contribution >= 4 is 5.91 Å². The molecule has 7 atom stereocenters. The lowest BCUT2D eigenvalue weighted by atomic mass is 9.33. The third-order valence-corrected chi connectivity index (χ3v) is 11.0. The van der Waals surface area contributed by atoms with E-state index >= 15 is 0 Å². The molecule has 0 radical (unpaired) electrons. The molecule has 4 aliphatic carbocycles. The average molecular weight is 456 g/mol. The maximum absolute atomic E-state index is 12.8. The van der Waals surface area contributed by atoms with Gasteiger partial charge in [0.1, 0.15) is 11.7 Å². The van der Waals surface area contributed by atoms with Gasteiger partial charge in [0.2, 0.25) is 5.91 Å². The van der Waals surface area contributed by atoms with Crippen molar-refractivity contribution in [3.05, 3.63) is 23.3 Å². The number of benzene rings is 1. The Labute approximate surface area is 196 Å². The highest BCUT2D eigenvalue weighted by Gasteiger charge is 2.82. The average Bonchev–Trinajstić information content (AvgIpc) is 3.11. The van der Waals surface area contributed by atoms with Gasteiger partial charge in [0.25, 0.3) is 0 Å². The number of nitrogens with zero attached hydrogens (tertiary/aromatic N) is 1. The number of methoxy groups -OCH3 is 1. The van der Waals surface area contributed by atoms with E-state index in [0.29, 0.717) is 12.3 Å². The van der Waals surface area contributed by atoms with E-state index in [0.717, 1.165) is 37.7 Å². The van der Waals surface area contributed by atoms with Gasteiger partial charge in [0, 0.05) is 48.9 Å². The Morgan fingerprint density at radius 2 is 1.94 bits per heavy atom. The topological polar surface area (TPSA) is 79.2 Å². The van der Waals surface area contributed by atoms with Crippen molar-refractivity contribution in [2.75, 3.05) is 13.7 Å². The van der Waals surface area contributed by atoms with Gasteiger partial charge in [-0.25, -0.2) is 0 Å². The van der Waals surface area contributed by atoms with Gasteiger partial charge in [-0.1, -0.05) is 26.8 Å². The van der Waals surface area contributed by atoms with Crippen LogP contribution in [-0.4, -0.2) is 58.0 Å². The Kier molecular flexibility index (Phi) is 3.99. The minimum Gasteiger partial charge on any atom is -0.504 e. The molecule has 2 spiro atoms. The monoisotopic (exact) mass is 455 g/mol. The summed E-state index contributed by atoms with van der Waals surface area (Å²) >= 11 is 0. The summed E-state index contributed by atoms with van der Waals surface area (Å²) in [4.78, 5) is 14.9. The highest BCUT2D eigenvalue weighted by molar-refractivity contribution is 5.75.